The molecule has 4 nitrogen and oxygen atoms in total. The fourth-order valence-corrected chi connectivity index (χ4v) is 3.59. The monoisotopic (exact) mass is 436 g/mol. The van der Waals surface area contributed by atoms with E-state index in [0.29, 0.717) is 31.8 Å². The van der Waals surface area contributed by atoms with Crippen LogP contribution in [0.5, 0.6) is 0 Å². The Morgan fingerprint density at radius 1 is 0.875 bits per heavy atom. The Balaban J connectivity index is 2.05. The van der Waals surface area contributed by atoms with Crippen molar-refractivity contribution in [3.05, 3.63) is 71.3 Å². The molecule has 1 atom stereocenters. The van der Waals surface area contributed by atoms with Gasteiger partial charge in [-0.3, -0.25) is 9.59 Å². The molecule has 2 aromatic rings. The Morgan fingerprint density at radius 2 is 1.47 bits per heavy atom. The Kier molecular flexibility index (Phi) is 9.49. The van der Waals surface area contributed by atoms with E-state index < -0.39 is 6.04 Å². The zero-order chi connectivity index (χ0) is 23.7. The Hall–Kier alpha value is -2.62. The molecule has 0 saturated carbocycles. The molecule has 0 aliphatic heterocycles. The van der Waals surface area contributed by atoms with Crippen molar-refractivity contribution in [3.63, 3.8) is 0 Å². The van der Waals surface area contributed by atoms with E-state index in [2.05, 4.69) is 76.3 Å². The molecular formula is C28H40N2O2. The Labute approximate surface area is 194 Å². The summed E-state index contributed by atoms with van der Waals surface area (Å²) in [5.74, 6) is 0.304. The molecule has 0 saturated heterocycles. The number of rotatable bonds is 10. The minimum Gasteiger partial charge on any atom is -0.354 e. The molecule has 2 aromatic carbocycles. The zero-order valence-corrected chi connectivity index (χ0v) is 20.7. The maximum Gasteiger partial charge on any atom is 0.242 e. The molecule has 174 valence electrons. The molecule has 2 amide bonds. The molecule has 2 rings (SSSR count). The SMILES string of the molecule is CC(C)CNC(=O)[C@H](C)N(CCc1ccccc1)C(=O)CCc1ccc(C(C)(C)C)cc1. The molecule has 0 aliphatic carbocycles. The summed E-state index contributed by atoms with van der Waals surface area (Å²) < 4.78 is 0. The van der Waals surface area contributed by atoms with Crippen LogP contribution >= 0.6 is 0 Å². The van der Waals surface area contributed by atoms with E-state index in [9.17, 15) is 9.59 Å². The van der Waals surface area contributed by atoms with Crippen LogP contribution in [-0.4, -0.2) is 35.8 Å². The van der Waals surface area contributed by atoms with Crippen molar-refractivity contribution in [2.45, 2.75) is 72.3 Å². The van der Waals surface area contributed by atoms with Crippen molar-refractivity contribution in [1.82, 2.24) is 10.2 Å². The summed E-state index contributed by atoms with van der Waals surface area (Å²) in [6.07, 6.45) is 1.80. The molecule has 32 heavy (non-hydrogen) atoms. The number of nitrogens with zero attached hydrogens (tertiary/aromatic N) is 1. The van der Waals surface area contributed by atoms with E-state index in [1.54, 1.807) is 4.90 Å². The van der Waals surface area contributed by atoms with Gasteiger partial charge >= 0.3 is 0 Å². The molecule has 4 heteroatoms. The third-order valence-corrected chi connectivity index (χ3v) is 5.78. The number of hydrogen-bond donors (Lipinski definition) is 1. The van der Waals surface area contributed by atoms with Gasteiger partial charge in [0.25, 0.3) is 0 Å². The average molecular weight is 437 g/mol. The fourth-order valence-electron chi connectivity index (χ4n) is 3.59. The summed E-state index contributed by atoms with van der Waals surface area (Å²) in [6, 6.07) is 18.1. The zero-order valence-electron chi connectivity index (χ0n) is 20.7. The van der Waals surface area contributed by atoms with Gasteiger partial charge in [0.15, 0.2) is 0 Å². The number of nitrogens with one attached hydrogen (secondary N) is 1. The topological polar surface area (TPSA) is 49.4 Å². The highest BCUT2D eigenvalue weighted by Gasteiger charge is 2.25. The molecule has 0 spiro atoms. The summed E-state index contributed by atoms with van der Waals surface area (Å²) in [4.78, 5) is 27.6. The van der Waals surface area contributed by atoms with Crippen LogP contribution < -0.4 is 5.32 Å². The third kappa shape index (κ3) is 8.14. The van der Waals surface area contributed by atoms with Gasteiger partial charge in [0, 0.05) is 19.5 Å². The number of carbonyl (C=O) groups excluding carboxylic acids is 2. The van der Waals surface area contributed by atoms with Gasteiger partial charge in [-0.1, -0.05) is 89.2 Å². The summed E-state index contributed by atoms with van der Waals surface area (Å²) >= 11 is 0. The van der Waals surface area contributed by atoms with Gasteiger partial charge in [-0.2, -0.15) is 0 Å². The van der Waals surface area contributed by atoms with Crippen LogP contribution in [0.2, 0.25) is 0 Å². The summed E-state index contributed by atoms with van der Waals surface area (Å²) in [5.41, 5.74) is 3.71. The number of amides is 2. The van der Waals surface area contributed by atoms with Gasteiger partial charge in [0.05, 0.1) is 0 Å². The maximum atomic E-state index is 13.2. The van der Waals surface area contributed by atoms with E-state index in [4.69, 9.17) is 0 Å². The van der Waals surface area contributed by atoms with E-state index in [-0.39, 0.29) is 17.2 Å². The first-order valence-corrected chi connectivity index (χ1v) is 11.8. The van der Waals surface area contributed by atoms with Crippen LogP contribution in [0.4, 0.5) is 0 Å². The molecule has 0 unspecified atom stereocenters. The van der Waals surface area contributed by atoms with E-state index >= 15 is 0 Å². The van der Waals surface area contributed by atoms with Crippen molar-refractivity contribution in [2.75, 3.05) is 13.1 Å². The number of aryl methyl sites for hydroxylation is 1. The standard InChI is InChI=1S/C28H40N2O2/c1-21(2)20-29-27(32)22(3)30(19-18-23-10-8-7-9-11-23)26(31)17-14-24-12-15-25(16-13-24)28(4,5)6/h7-13,15-16,21-22H,14,17-20H2,1-6H3,(H,29,32)/t22-/m0/s1. The first kappa shape index (κ1) is 25.6. The second-order valence-corrected chi connectivity index (χ2v) is 10.1. The molecule has 0 aromatic heterocycles. The second kappa shape index (κ2) is 11.8. The van der Waals surface area contributed by atoms with Crippen molar-refractivity contribution in [2.24, 2.45) is 5.92 Å². The van der Waals surface area contributed by atoms with Crippen LogP contribution in [0.25, 0.3) is 0 Å². The van der Waals surface area contributed by atoms with Crippen LogP contribution in [0, 0.1) is 5.92 Å². The third-order valence-electron chi connectivity index (χ3n) is 5.78. The minimum absolute atomic E-state index is 0.0213. The van der Waals surface area contributed by atoms with E-state index in [0.717, 1.165) is 17.5 Å². The minimum atomic E-state index is -0.492. The fraction of sp³-hybridized carbons (Fsp3) is 0.500. The summed E-state index contributed by atoms with van der Waals surface area (Å²) in [6.45, 7) is 13.7. The normalized spacial score (nSPS) is 12.5. The van der Waals surface area contributed by atoms with E-state index in [1.807, 2.05) is 25.1 Å². The van der Waals surface area contributed by atoms with Crippen LogP contribution in [-0.2, 0) is 27.8 Å². The van der Waals surface area contributed by atoms with E-state index in [1.165, 1.54) is 5.56 Å². The highest BCUT2D eigenvalue weighted by atomic mass is 16.2. The van der Waals surface area contributed by atoms with Crippen LogP contribution in [0.1, 0.15) is 64.7 Å². The smallest absolute Gasteiger partial charge is 0.242 e. The van der Waals surface area contributed by atoms with Crippen LogP contribution in [0.15, 0.2) is 54.6 Å². The molecule has 1 N–H and O–H groups in total. The summed E-state index contributed by atoms with van der Waals surface area (Å²) in [5, 5.41) is 2.98. The quantitative estimate of drug-likeness (QED) is 0.560. The predicted molar refractivity (Wildman–Crippen MR) is 133 cm³/mol. The highest BCUT2D eigenvalue weighted by molar-refractivity contribution is 5.87. The van der Waals surface area contributed by atoms with Crippen molar-refractivity contribution in [3.8, 4) is 0 Å². The van der Waals surface area contributed by atoms with Gasteiger partial charge < -0.3 is 10.2 Å². The predicted octanol–water partition coefficient (Wildman–Crippen LogP) is 5.15. The van der Waals surface area contributed by atoms with Crippen LogP contribution in [0.3, 0.4) is 0 Å². The van der Waals surface area contributed by atoms with Crippen molar-refractivity contribution >= 4 is 11.8 Å². The number of benzene rings is 2. The number of hydrogen-bond acceptors (Lipinski definition) is 2. The van der Waals surface area contributed by atoms with Gasteiger partial charge in [-0.05, 0) is 47.8 Å². The Morgan fingerprint density at radius 3 is 2.03 bits per heavy atom. The Bertz CT molecular complexity index is 851. The van der Waals surface area contributed by atoms with Gasteiger partial charge in [-0.15, -0.1) is 0 Å². The van der Waals surface area contributed by atoms with Gasteiger partial charge in [0.2, 0.25) is 11.8 Å². The van der Waals surface area contributed by atoms with Gasteiger partial charge in [0.1, 0.15) is 6.04 Å². The van der Waals surface area contributed by atoms with Crippen molar-refractivity contribution < 1.29 is 9.59 Å². The lowest BCUT2D eigenvalue weighted by molar-refractivity contribution is -0.139. The highest BCUT2D eigenvalue weighted by Crippen LogP contribution is 2.22. The number of carbonyl (C=O) groups is 2. The molecule has 0 aliphatic rings. The lowest BCUT2D eigenvalue weighted by atomic mass is 9.86. The van der Waals surface area contributed by atoms with Gasteiger partial charge in [-0.25, -0.2) is 0 Å². The largest absolute Gasteiger partial charge is 0.354 e. The first-order valence-electron chi connectivity index (χ1n) is 11.8. The maximum absolute atomic E-state index is 13.2. The van der Waals surface area contributed by atoms with Crippen molar-refractivity contribution in [1.29, 1.82) is 0 Å². The summed E-state index contributed by atoms with van der Waals surface area (Å²) in [7, 11) is 0. The second-order valence-electron chi connectivity index (χ2n) is 10.1. The molecule has 0 fully saturated rings. The molecular weight excluding hydrogens is 396 g/mol. The average Bonchev–Trinajstić information content (AvgIpc) is 2.76. The molecule has 0 heterocycles. The molecule has 0 bridgehead atoms. The lowest BCUT2D eigenvalue weighted by Gasteiger charge is -2.29. The first-order chi connectivity index (χ1) is 15.1. The molecule has 0 radical (unpaired) electrons. The lowest BCUT2D eigenvalue weighted by Crippen LogP contribution is -2.49.